The van der Waals surface area contributed by atoms with E-state index in [1.807, 2.05) is 0 Å². The van der Waals surface area contributed by atoms with Gasteiger partial charge in [-0.1, -0.05) is 29.3 Å². The number of nitrogens with two attached hydrogens (primary N) is 1. The lowest BCUT2D eigenvalue weighted by Gasteiger charge is -2.07. The minimum atomic E-state index is -1.33. The van der Waals surface area contributed by atoms with Crippen LogP contribution in [0.1, 0.15) is 12.5 Å². The highest BCUT2D eigenvalue weighted by molar-refractivity contribution is 6.35. The molecular weight excluding hydrogens is 253 g/mol. The Morgan fingerprint density at radius 3 is 2.12 bits per heavy atom. The third-order valence-corrected chi connectivity index (χ3v) is 2.27. The number of carboxylic acid groups (broad SMARTS) is 1. The summed E-state index contributed by atoms with van der Waals surface area (Å²) in [4.78, 5) is 8.78. The molecule has 1 amide bonds. The summed E-state index contributed by atoms with van der Waals surface area (Å²) in [5, 5.41) is 17.6. The molecule has 0 saturated carbocycles. The number of aliphatic hydroxyl groups excluding tert-OH is 1. The fraction of sp³-hybridized carbons (Fsp3) is 0.300. The molecule has 1 unspecified atom stereocenters. The zero-order valence-electron chi connectivity index (χ0n) is 8.65. The maximum atomic E-state index is 9.14. The minimum absolute atomic E-state index is 0.414. The Labute approximate surface area is 104 Å². The van der Waals surface area contributed by atoms with Gasteiger partial charge in [0.25, 0.3) is 0 Å². The average Bonchev–Trinajstić information content (AvgIpc) is 2.10. The molecule has 1 aromatic carbocycles. The molecule has 1 rings (SSSR count). The van der Waals surface area contributed by atoms with Gasteiger partial charge in [-0.05, 0) is 24.6 Å². The van der Waals surface area contributed by atoms with Crippen molar-refractivity contribution in [2.75, 3.05) is 0 Å². The summed E-state index contributed by atoms with van der Waals surface area (Å²) in [6.07, 6.45) is -1.25. The van der Waals surface area contributed by atoms with Gasteiger partial charge in [0, 0.05) is 16.5 Å². The molecule has 6 heteroatoms. The predicted molar refractivity (Wildman–Crippen MR) is 64.1 cm³/mol. The fourth-order valence-corrected chi connectivity index (χ4v) is 1.57. The third-order valence-electron chi connectivity index (χ3n) is 1.56. The van der Waals surface area contributed by atoms with Crippen LogP contribution in [0.25, 0.3) is 0 Å². The molecule has 4 N–H and O–H groups in total. The van der Waals surface area contributed by atoms with Crippen molar-refractivity contribution < 1.29 is 15.0 Å². The number of benzene rings is 1. The van der Waals surface area contributed by atoms with Crippen molar-refractivity contribution in [3.05, 3.63) is 33.8 Å². The largest absolute Gasteiger partial charge is 0.465 e. The summed E-state index contributed by atoms with van der Waals surface area (Å²) in [7, 11) is 0. The summed E-state index contributed by atoms with van der Waals surface area (Å²) in [6, 6.07) is 5.33. The third kappa shape index (κ3) is 6.50. The Kier molecular flexibility index (Phi) is 6.88. The molecule has 0 spiro atoms. The van der Waals surface area contributed by atoms with Crippen LogP contribution < -0.4 is 5.73 Å². The summed E-state index contributed by atoms with van der Waals surface area (Å²) in [5.41, 5.74) is 4.84. The molecule has 90 valence electrons. The summed E-state index contributed by atoms with van der Waals surface area (Å²) >= 11 is 11.8. The zero-order valence-corrected chi connectivity index (χ0v) is 10.2. The van der Waals surface area contributed by atoms with Gasteiger partial charge in [-0.3, -0.25) is 0 Å². The maximum Gasteiger partial charge on any atom is 0.402 e. The van der Waals surface area contributed by atoms with Gasteiger partial charge < -0.3 is 15.9 Å². The number of hydrogen-bond acceptors (Lipinski definition) is 2. The fourth-order valence-electron chi connectivity index (χ4n) is 1.02. The topological polar surface area (TPSA) is 83.5 Å². The van der Waals surface area contributed by atoms with E-state index in [1.54, 1.807) is 25.1 Å². The van der Waals surface area contributed by atoms with Crippen LogP contribution in [0.4, 0.5) is 4.79 Å². The van der Waals surface area contributed by atoms with Crippen molar-refractivity contribution in [1.82, 2.24) is 0 Å². The molecule has 0 aliphatic carbocycles. The first-order valence-electron chi connectivity index (χ1n) is 4.44. The molecule has 0 heterocycles. The molecule has 0 radical (unpaired) electrons. The van der Waals surface area contributed by atoms with E-state index >= 15 is 0 Å². The second-order valence-electron chi connectivity index (χ2n) is 3.09. The van der Waals surface area contributed by atoms with Gasteiger partial charge in [-0.25, -0.2) is 4.79 Å². The minimum Gasteiger partial charge on any atom is -0.465 e. The monoisotopic (exact) mass is 265 g/mol. The highest BCUT2D eigenvalue weighted by atomic mass is 35.5. The Balaban J connectivity index is 0.000000487. The van der Waals surface area contributed by atoms with Crippen LogP contribution in [0, 0.1) is 0 Å². The number of rotatable bonds is 2. The molecule has 1 atom stereocenters. The molecule has 1 aromatic rings. The standard InChI is InChI=1S/C9H10Cl2O.CH3NO2/c1-6(12)5-7-8(10)3-2-4-9(7)11;2-1(3)4/h2-4,6,12H,5H2,1H3;2H2,(H,3,4). The molecule has 0 aliphatic heterocycles. The van der Waals surface area contributed by atoms with Gasteiger partial charge >= 0.3 is 6.09 Å². The maximum absolute atomic E-state index is 9.14. The first-order valence-corrected chi connectivity index (χ1v) is 5.19. The molecular formula is C10H13Cl2NO3. The Hall–Kier alpha value is -0.970. The van der Waals surface area contributed by atoms with E-state index in [9.17, 15) is 0 Å². The molecule has 0 aliphatic rings. The van der Waals surface area contributed by atoms with Crippen LogP contribution in [-0.2, 0) is 6.42 Å². The van der Waals surface area contributed by atoms with E-state index < -0.39 is 12.2 Å². The van der Waals surface area contributed by atoms with Crippen molar-refractivity contribution in [3.8, 4) is 0 Å². The van der Waals surface area contributed by atoms with Crippen molar-refractivity contribution >= 4 is 29.3 Å². The van der Waals surface area contributed by atoms with Gasteiger partial charge in [-0.2, -0.15) is 0 Å². The van der Waals surface area contributed by atoms with E-state index in [1.165, 1.54) is 0 Å². The highest BCUT2D eigenvalue weighted by Crippen LogP contribution is 2.25. The van der Waals surface area contributed by atoms with Crippen LogP contribution in [0.2, 0.25) is 10.0 Å². The van der Waals surface area contributed by atoms with E-state index in [0.29, 0.717) is 16.5 Å². The Morgan fingerprint density at radius 1 is 1.44 bits per heavy atom. The van der Waals surface area contributed by atoms with E-state index in [-0.39, 0.29) is 0 Å². The lowest BCUT2D eigenvalue weighted by molar-refractivity contribution is 0.195. The highest BCUT2D eigenvalue weighted by Gasteiger charge is 2.07. The first kappa shape index (κ1) is 15.0. The lowest BCUT2D eigenvalue weighted by Crippen LogP contribution is -2.05. The van der Waals surface area contributed by atoms with Crippen molar-refractivity contribution in [3.63, 3.8) is 0 Å². The van der Waals surface area contributed by atoms with E-state index in [4.69, 9.17) is 38.2 Å². The smallest absolute Gasteiger partial charge is 0.402 e. The van der Waals surface area contributed by atoms with Crippen LogP contribution in [0.3, 0.4) is 0 Å². The van der Waals surface area contributed by atoms with E-state index in [0.717, 1.165) is 5.56 Å². The van der Waals surface area contributed by atoms with Gasteiger partial charge in [-0.15, -0.1) is 0 Å². The van der Waals surface area contributed by atoms with Crippen LogP contribution in [0.5, 0.6) is 0 Å². The number of carbonyl (C=O) groups is 1. The number of hydrogen-bond donors (Lipinski definition) is 3. The Morgan fingerprint density at radius 2 is 1.81 bits per heavy atom. The second kappa shape index (κ2) is 7.33. The molecule has 0 aromatic heterocycles. The molecule has 4 nitrogen and oxygen atoms in total. The van der Waals surface area contributed by atoms with Gasteiger partial charge in [0.1, 0.15) is 0 Å². The van der Waals surface area contributed by atoms with Crippen LogP contribution in [0.15, 0.2) is 18.2 Å². The first-order chi connectivity index (χ1) is 7.34. The zero-order chi connectivity index (χ0) is 12.7. The van der Waals surface area contributed by atoms with Crippen LogP contribution in [-0.4, -0.2) is 22.4 Å². The quantitative estimate of drug-likeness (QED) is 0.769. The normalized spacial score (nSPS) is 11.2. The average molecular weight is 266 g/mol. The molecule has 0 fully saturated rings. The molecule has 16 heavy (non-hydrogen) atoms. The number of amides is 1. The number of primary amides is 1. The second-order valence-corrected chi connectivity index (χ2v) is 3.91. The lowest BCUT2D eigenvalue weighted by atomic mass is 10.1. The van der Waals surface area contributed by atoms with Crippen LogP contribution >= 0.6 is 23.2 Å². The SMILES string of the molecule is CC(O)Cc1c(Cl)cccc1Cl.NC(=O)O. The van der Waals surface area contributed by atoms with Gasteiger partial charge in [0.2, 0.25) is 0 Å². The predicted octanol–water partition coefficient (Wildman–Crippen LogP) is 2.54. The van der Waals surface area contributed by atoms with E-state index in [2.05, 4.69) is 5.73 Å². The summed E-state index contributed by atoms with van der Waals surface area (Å²) in [5.74, 6) is 0. The van der Waals surface area contributed by atoms with Gasteiger partial charge in [0.15, 0.2) is 0 Å². The van der Waals surface area contributed by atoms with Gasteiger partial charge in [0.05, 0.1) is 6.10 Å². The molecule has 0 bridgehead atoms. The molecule has 0 saturated heterocycles. The van der Waals surface area contributed by atoms with Crippen molar-refractivity contribution in [2.24, 2.45) is 5.73 Å². The summed E-state index contributed by atoms with van der Waals surface area (Å²) < 4.78 is 0. The van der Waals surface area contributed by atoms with Crippen molar-refractivity contribution in [2.45, 2.75) is 19.4 Å². The number of aliphatic hydroxyl groups is 1. The Bertz CT molecular complexity index is 332. The number of halogens is 2. The van der Waals surface area contributed by atoms with Crippen molar-refractivity contribution in [1.29, 1.82) is 0 Å². The summed E-state index contributed by atoms with van der Waals surface area (Å²) in [6.45, 7) is 1.71.